The van der Waals surface area contributed by atoms with Crippen molar-refractivity contribution in [2.45, 2.75) is 0 Å². The number of rotatable bonds is 2. The molecule has 0 spiro atoms. The summed E-state index contributed by atoms with van der Waals surface area (Å²) in [5.41, 5.74) is 1.79. The molecule has 6 heteroatoms. The van der Waals surface area contributed by atoms with Crippen LogP contribution in [0.15, 0.2) is 46.7 Å². The van der Waals surface area contributed by atoms with Crippen LogP contribution in [0, 0.1) is 0 Å². The van der Waals surface area contributed by atoms with Gasteiger partial charge in [-0.05, 0) is 6.07 Å². The minimum absolute atomic E-state index is 0.0363. The summed E-state index contributed by atoms with van der Waals surface area (Å²) in [6, 6.07) is 9.77. The Bertz CT molecular complexity index is 691. The van der Waals surface area contributed by atoms with Gasteiger partial charge in [-0.15, -0.1) is 5.10 Å². The predicted molar refractivity (Wildman–Crippen MR) is 77.4 cm³/mol. The van der Waals surface area contributed by atoms with Gasteiger partial charge in [0.2, 0.25) is 5.91 Å². The molecule has 5 nitrogen and oxygen atoms in total. The Morgan fingerprint density at radius 1 is 1.32 bits per heavy atom. The number of pyridine rings is 1. The molecule has 0 bridgehead atoms. The van der Waals surface area contributed by atoms with Crippen molar-refractivity contribution >= 4 is 40.0 Å². The second-order valence-electron chi connectivity index (χ2n) is 3.91. The molecule has 1 aliphatic rings. The number of carbonyl (C=O) groups excluding carboxylic acids is 1. The van der Waals surface area contributed by atoms with Gasteiger partial charge < -0.3 is 5.32 Å². The smallest absolute Gasteiger partial charge is 0.236 e. The number of fused-ring (bicyclic) bond motifs is 1. The molecule has 0 radical (unpaired) electrons. The number of aromatic nitrogens is 1. The third kappa shape index (κ3) is 2.63. The lowest BCUT2D eigenvalue weighted by atomic mass is 10.1. The summed E-state index contributed by atoms with van der Waals surface area (Å²) < 4.78 is 0. The Kier molecular flexibility index (Phi) is 3.24. The van der Waals surface area contributed by atoms with E-state index >= 15 is 0 Å². The third-order valence-corrected chi connectivity index (χ3v) is 3.46. The van der Waals surface area contributed by atoms with Crippen LogP contribution in [0.4, 0.5) is 0 Å². The van der Waals surface area contributed by atoms with Gasteiger partial charge in [0.1, 0.15) is 0 Å². The zero-order valence-electron chi connectivity index (χ0n) is 9.91. The van der Waals surface area contributed by atoms with Crippen LogP contribution in [0.25, 0.3) is 10.9 Å². The van der Waals surface area contributed by atoms with Gasteiger partial charge in [0.05, 0.1) is 17.5 Å². The third-order valence-electron chi connectivity index (χ3n) is 2.60. The first-order valence-electron chi connectivity index (χ1n) is 5.70. The SMILES string of the molecule is O=C1CSC(=NN=Cc2cccc3cccnc23)N1. The molecule has 0 aliphatic carbocycles. The van der Waals surface area contributed by atoms with Gasteiger partial charge in [-0.2, -0.15) is 5.10 Å². The van der Waals surface area contributed by atoms with Crippen LogP contribution in [0.3, 0.4) is 0 Å². The summed E-state index contributed by atoms with van der Waals surface area (Å²) in [6.45, 7) is 0. The Balaban J connectivity index is 1.87. The molecule has 2 heterocycles. The van der Waals surface area contributed by atoms with Crippen LogP contribution >= 0.6 is 11.8 Å². The molecule has 1 aliphatic heterocycles. The fourth-order valence-corrected chi connectivity index (χ4v) is 2.39. The Hall–Kier alpha value is -2.21. The molecule has 1 saturated heterocycles. The number of amides is 1. The lowest BCUT2D eigenvalue weighted by Crippen LogP contribution is -2.19. The topological polar surface area (TPSA) is 66.7 Å². The fourth-order valence-electron chi connectivity index (χ4n) is 1.75. The molecule has 1 amide bonds. The number of benzene rings is 1. The molecule has 0 unspecified atom stereocenters. The first kappa shape index (κ1) is 11.9. The van der Waals surface area contributed by atoms with Crippen molar-refractivity contribution in [3.63, 3.8) is 0 Å². The van der Waals surface area contributed by atoms with Crippen LogP contribution in [-0.4, -0.2) is 28.0 Å². The zero-order valence-corrected chi connectivity index (χ0v) is 10.7. The summed E-state index contributed by atoms with van der Waals surface area (Å²) in [5.74, 6) is 0.371. The van der Waals surface area contributed by atoms with Crippen molar-refractivity contribution in [1.29, 1.82) is 0 Å². The van der Waals surface area contributed by atoms with Crippen LogP contribution in [-0.2, 0) is 4.79 Å². The number of carbonyl (C=O) groups is 1. The van der Waals surface area contributed by atoms with Crippen LogP contribution < -0.4 is 5.32 Å². The van der Waals surface area contributed by atoms with Crippen LogP contribution in [0.2, 0.25) is 0 Å². The number of nitrogens with zero attached hydrogens (tertiary/aromatic N) is 3. The fraction of sp³-hybridized carbons (Fsp3) is 0.0769. The van der Waals surface area contributed by atoms with Gasteiger partial charge in [-0.25, -0.2) is 0 Å². The molecule has 1 aromatic carbocycles. The maximum absolute atomic E-state index is 11.0. The van der Waals surface area contributed by atoms with Gasteiger partial charge in [0, 0.05) is 17.1 Å². The molecule has 0 saturated carbocycles. The Morgan fingerprint density at radius 3 is 3.05 bits per heavy atom. The average Bonchev–Trinajstić information content (AvgIpc) is 2.85. The molecule has 3 rings (SSSR count). The minimum Gasteiger partial charge on any atom is -0.303 e. The Morgan fingerprint density at radius 2 is 2.21 bits per heavy atom. The second-order valence-corrected chi connectivity index (χ2v) is 4.87. The molecular weight excluding hydrogens is 260 g/mol. The van der Waals surface area contributed by atoms with E-state index < -0.39 is 0 Å². The molecule has 2 aromatic rings. The van der Waals surface area contributed by atoms with Crippen molar-refractivity contribution in [2.24, 2.45) is 10.2 Å². The number of thioether (sulfide) groups is 1. The summed E-state index contributed by atoms with van der Waals surface area (Å²) in [4.78, 5) is 15.3. The van der Waals surface area contributed by atoms with E-state index in [1.165, 1.54) is 11.8 Å². The summed E-state index contributed by atoms with van der Waals surface area (Å²) in [5, 5.41) is 12.2. The average molecular weight is 270 g/mol. The van der Waals surface area contributed by atoms with E-state index in [2.05, 4.69) is 20.5 Å². The normalized spacial score (nSPS) is 17.5. The van der Waals surface area contributed by atoms with Crippen molar-refractivity contribution < 1.29 is 4.79 Å². The highest BCUT2D eigenvalue weighted by Crippen LogP contribution is 2.14. The minimum atomic E-state index is -0.0363. The first-order chi connectivity index (χ1) is 9.33. The largest absolute Gasteiger partial charge is 0.303 e. The highest BCUT2D eigenvalue weighted by Gasteiger charge is 2.15. The number of hydrogen-bond acceptors (Lipinski definition) is 5. The van der Waals surface area contributed by atoms with E-state index in [1.54, 1.807) is 12.4 Å². The van der Waals surface area contributed by atoms with Crippen LogP contribution in [0.1, 0.15) is 5.56 Å². The highest BCUT2D eigenvalue weighted by atomic mass is 32.2. The summed E-state index contributed by atoms with van der Waals surface area (Å²) in [7, 11) is 0. The molecular formula is C13H10N4OS. The van der Waals surface area contributed by atoms with E-state index in [0.29, 0.717) is 10.9 Å². The molecule has 94 valence electrons. The predicted octanol–water partition coefficient (Wildman–Crippen LogP) is 1.79. The molecule has 1 fully saturated rings. The summed E-state index contributed by atoms with van der Waals surface area (Å²) in [6.07, 6.45) is 3.39. The van der Waals surface area contributed by atoms with E-state index in [-0.39, 0.29) is 5.91 Å². The maximum atomic E-state index is 11.0. The molecule has 19 heavy (non-hydrogen) atoms. The monoisotopic (exact) mass is 270 g/mol. The maximum Gasteiger partial charge on any atom is 0.236 e. The zero-order chi connectivity index (χ0) is 13.1. The Labute approximate surface area is 113 Å². The molecule has 0 atom stereocenters. The van der Waals surface area contributed by atoms with E-state index in [1.807, 2.05) is 30.3 Å². The number of nitrogens with one attached hydrogen (secondary N) is 1. The lowest BCUT2D eigenvalue weighted by Gasteiger charge is -1.99. The van der Waals surface area contributed by atoms with E-state index in [0.717, 1.165) is 16.5 Å². The van der Waals surface area contributed by atoms with Crippen molar-refractivity contribution in [1.82, 2.24) is 10.3 Å². The second kappa shape index (κ2) is 5.19. The van der Waals surface area contributed by atoms with Crippen molar-refractivity contribution in [2.75, 3.05) is 5.75 Å². The quantitative estimate of drug-likeness (QED) is 0.668. The standard InChI is InChI=1S/C13H10N4OS/c18-11-8-19-13(16-11)17-15-7-10-4-1-3-9-5-2-6-14-12(9)10/h1-7H,8H2,(H,16,17,18). The van der Waals surface area contributed by atoms with Crippen LogP contribution in [0.5, 0.6) is 0 Å². The van der Waals surface area contributed by atoms with Gasteiger partial charge >= 0.3 is 0 Å². The number of amidine groups is 1. The number of para-hydroxylation sites is 1. The van der Waals surface area contributed by atoms with Crippen molar-refractivity contribution in [3.8, 4) is 0 Å². The van der Waals surface area contributed by atoms with Gasteiger partial charge in [0.25, 0.3) is 0 Å². The van der Waals surface area contributed by atoms with Gasteiger partial charge in [-0.3, -0.25) is 9.78 Å². The van der Waals surface area contributed by atoms with Crippen molar-refractivity contribution in [3.05, 3.63) is 42.1 Å². The van der Waals surface area contributed by atoms with E-state index in [4.69, 9.17) is 0 Å². The van der Waals surface area contributed by atoms with E-state index in [9.17, 15) is 4.79 Å². The highest BCUT2D eigenvalue weighted by molar-refractivity contribution is 8.15. The van der Waals surface area contributed by atoms with Gasteiger partial charge in [-0.1, -0.05) is 36.0 Å². The summed E-state index contributed by atoms with van der Waals surface area (Å²) >= 11 is 1.35. The van der Waals surface area contributed by atoms with Gasteiger partial charge in [0.15, 0.2) is 5.17 Å². The lowest BCUT2D eigenvalue weighted by molar-refractivity contribution is -0.116. The number of hydrogen-bond donors (Lipinski definition) is 1. The molecule has 1 aromatic heterocycles. The molecule has 1 N–H and O–H groups in total. The first-order valence-corrected chi connectivity index (χ1v) is 6.69.